The zero-order chi connectivity index (χ0) is 30.6. The van der Waals surface area contributed by atoms with Crippen molar-refractivity contribution in [2.75, 3.05) is 26.9 Å². The third-order valence-electron chi connectivity index (χ3n) is 8.35. The Morgan fingerprint density at radius 3 is 1.38 bits per heavy atom. The van der Waals surface area contributed by atoms with Crippen LogP contribution in [0.4, 0.5) is 0 Å². The molecule has 0 N–H and O–H groups in total. The van der Waals surface area contributed by atoms with Crippen molar-refractivity contribution in [2.45, 2.75) is 200 Å². The van der Waals surface area contributed by atoms with E-state index in [0.717, 1.165) is 25.9 Å². The lowest BCUT2D eigenvalue weighted by Crippen LogP contribution is -2.26. The van der Waals surface area contributed by atoms with Gasteiger partial charge in [0, 0.05) is 20.1 Å². The normalized spacial score (nSPS) is 12.4. The second-order valence-electron chi connectivity index (χ2n) is 12.5. The standard InChI is InChI=1S/C38H74O4/c1-4-6-8-10-12-14-16-18-20-21-23-25-27-29-31-33-38(39)42-36-37(40-3)35-41-34-32-30-28-26-24-22-19-17-15-13-11-9-7-5-2/h18,20,37H,4-17,19,21-36H2,1-3H3/b20-18-/t37-/m1/s1. The molecule has 0 unspecified atom stereocenters. The molecule has 0 amide bonds. The Morgan fingerprint density at radius 2 is 0.929 bits per heavy atom. The third-order valence-corrected chi connectivity index (χ3v) is 8.35. The van der Waals surface area contributed by atoms with E-state index in [1.54, 1.807) is 7.11 Å². The first kappa shape index (κ1) is 41.1. The van der Waals surface area contributed by atoms with Crippen LogP contribution in [0.3, 0.4) is 0 Å². The molecule has 1 atom stereocenters. The first-order valence-corrected chi connectivity index (χ1v) is 18.7. The van der Waals surface area contributed by atoms with E-state index in [2.05, 4.69) is 26.0 Å². The molecular formula is C38H74O4. The number of methoxy groups -OCH3 is 1. The number of rotatable bonds is 35. The summed E-state index contributed by atoms with van der Waals surface area (Å²) in [5.74, 6) is -0.110. The highest BCUT2D eigenvalue weighted by Gasteiger charge is 2.11. The number of ether oxygens (including phenoxy) is 3. The van der Waals surface area contributed by atoms with Gasteiger partial charge in [-0.1, -0.05) is 161 Å². The fourth-order valence-electron chi connectivity index (χ4n) is 5.40. The van der Waals surface area contributed by atoms with Crippen molar-refractivity contribution in [3.05, 3.63) is 12.2 Å². The summed E-state index contributed by atoms with van der Waals surface area (Å²) in [6.07, 6.45) is 40.6. The van der Waals surface area contributed by atoms with Crippen LogP contribution in [0.25, 0.3) is 0 Å². The lowest BCUT2D eigenvalue weighted by Gasteiger charge is -2.15. The van der Waals surface area contributed by atoms with E-state index in [4.69, 9.17) is 14.2 Å². The zero-order valence-electron chi connectivity index (χ0n) is 28.8. The van der Waals surface area contributed by atoms with Crippen molar-refractivity contribution in [2.24, 2.45) is 0 Å². The summed E-state index contributed by atoms with van der Waals surface area (Å²) in [7, 11) is 1.66. The van der Waals surface area contributed by atoms with Gasteiger partial charge in [0.2, 0.25) is 0 Å². The maximum absolute atomic E-state index is 12.1. The molecule has 4 nitrogen and oxygen atoms in total. The highest BCUT2D eigenvalue weighted by molar-refractivity contribution is 5.69. The molecule has 0 aliphatic rings. The highest BCUT2D eigenvalue weighted by atomic mass is 16.6. The average molecular weight is 595 g/mol. The molecule has 0 rings (SSSR count). The van der Waals surface area contributed by atoms with Crippen molar-refractivity contribution >= 4 is 5.97 Å². The molecule has 0 aromatic rings. The van der Waals surface area contributed by atoms with Crippen molar-refractivity contribution in [3.63, 3.8) is 0 Å². The molecule has 0 aromatic carbocycles. The van der Waals surface area contributed by atoms with Crippen LogP contribution in [0, 0.1) is 0 Å². The van der Waals surface area contributed by atoms with Gasteiger partial charge >= 0.3 is 5.97 Å². The van der Waals surface area contributed by atoms with Gasteiger partial charge in [-0.2, -0.15) is 0 Å². The Balaban J connectivity index is 3.41. The fourth-order valence-corrected chi connectivity index (χ4v) is 5.40. The van der Waals surface area contributed by atoms with Gasteiger partial charge < -0.3 is 14.2 Å². The van der Waals surface area contributed by atoms with E-state index in [9.17, 15) is 4.79 Å². The van der Waals surface area contributed by atoms with Gasteiger partial charge in [-0.3, -0.25) is 4.79 Å². The lowest BCUT2D eigenvalue weighted by atomic mass is 10.0. The van der Waals surface area contributed by atoms with Crippen LogP contribution in [0.5, 0.6) is 0 Å². The molecule has 0 spiro atoms. The lowest BCUT2D eigenvalue weighted by molar-refractivity contribution is -0.148. The van der Waals surface area contributed by atoms with Gasteiger partial charge in [0.25, 0.3) is 0 Å². The molecule has 0 saturated heterocycles. The summed E-state index contributed by atoms with van der Waals surface area (Å²) < 4.78 is 16.7. The van der Waals surface area contributed by atoms with Gasteiger partial charge in [-0.05, 0) is 38.5 Å². The first-order chi connectivity index (χ1) is 20.7. The predicted molar refractivity (Wildman–Crippen MR) is 182 cm³/mol. The molecule has 250 valence electrons. The quantitative estimate of drug-likeness (QED) is 0.0416. The molecule has 0 bridgehead atoms. The van der Waals surface area contributed by atoms with Crippen molar-refractivity contribution in [1.29, 1.82) is 0 Å². The number of allylic oxidation sites excluding steroid dienone is 2. The molecule has 4 heteroatoms. The summed E-state index contributed by atoms with van der Waals surface area (Å²) in [5, 5.41) is 0. The number of hydrogen-bond donors (Lipinski definition) is 0. The maximum Gasteiger partial charge on any atom is 0.305 e. The van der Waals surface area contributed by atoms with Gasteiger partial charge in [0.15, 0.2) is 0 Å². The molecule has 0 aliphatic heterocycles. The minimum Gasteiger partial charge on any atom is -0.463 e. The fraction of sp³-hybridized carbons (Fsp3) is 0.921. The van der Waals surface area contributed by atoms with Crippen LogP contribution in [0.15, 0.2) is 12.2 Å². The van der Waals surface area contributed by atoms with Gasteiger partial charge in [-0.15, -0.1) is 0 Å². The number of hydrogen-bond acceptors (Lipinski definition) is 4. The molecule has 0 fully saturated rings. The molecule has 0 aliphatic carbocycles. The van der Waals surface area contributed by atoms with E-state index in [0.29, 0.717) is 19.6 Å². The smallest absolute Gasteiger partial charge is 0.305 e. The Morgan fingerprint density at radius 1 is 0.524 bits per heavy atom. The minimum atomic E-state index is -0.172. The van der Waals surface area contributed by atoms with E-state index >= 15 is 0 Å². The number of esters is 1. The van der Waals surface area contributed by atoms with Gasteiger partial charge in [0.1, 0.15) is 12.7 Å². The van der Waals surface area contributed by atoms with Crippen LogP contribution in [-0.2, 0) is 19.0 Å². The minimum absolute atomic E-state index is 0.110. The second-order valence-corrected chi connectivity index (χ2v) is 12.5. The predicted octanol–water partition coefficient (Wildman–Crippen LogP) is 12.1. The maximum atomic E-state index is 12.1. The first-order valence-electron chi connectivity index (χ1n) is 18.7. The van der Waals surface area contributed by atoms with Gasteiger partial charge in [-0.25, -0.2) is 0 Å². The van der Waals surface area contributed by atoms with E-state index < -0.39 is 0 Å². The number of carbonyl (C=O) groups is 1. The Bertz CT molecular complexity index is 547. The van der Waals surface area contributed by atoms with Crippen LogP contribution in [0.1, 0.15) is 194 Å². The van der Waals surface area contributed by atoms with Crippen LogP contribution < -0.4 is 0 Å². The topological polar surface area (TPSA) is 44.8 Å². The van der Waals surface area contributed by atoms with E-state index in [-0.39, 0.29) is 12.1 Å². The van der Waals surface area contributed by atoms with E-state index in [1.165, 1.54) is 154 Å². The second kappa shape index (κ2) is 36.3. The zero-order valence-corrected chi connectivity index (χ0v) is 28.8. The Hall–Kier alpha value is -0.870. The van der Waals surface area contributed by atoms with Crippen molar-refractivity contribution in [3.8, 4) is 0 Å². The molecular weight excluding hydrogens is 520 g/mol. The largest absolute Gasteiger partial charge is 0.463 e. The Kier molecular flexibility index (Phi) is 35.6. The molecule has 0 aromatic heterocycles. The van der Waals surface area contributed by atoms with Crippen molar-refractivity contribution in [1.82, 2.24) is 0 Å². The van der Waals surface area contributed by atoms with Crippen LogP contribution in [-0.4, -0.2) is 39.0 Å². The van der Waals surface area contributed by atoms with E-state index in [1.807, 2.05) is 0 Å². The summed E-state index contributed by atoms with van der Waals surface area (Å²) in [6, 6.07) is 0. The molecule has 0 radical (unpaired) electrons. The summed E-state index contributed by atoms with van der Waals surface area (Å²) >= 11 is 0. The Labute approximate surface area is 263 Å². The average Bonchev–Trinajstić information content (AvgIpc) is 3.00. The monoisotopic (exact) mass is 595 g/mol. The summed E-state index contributed by atoms with van der Waals surface area (Å²) in [5.41, 5.74) is 0. The third kappa shape index (κ3) is 33.6. The number of unbranched alkanes of at least 4 members (excludes halogenated alkanes) is 24. The molecule has 0 saturated carbocycles. The van der Waals surface area contributed by atoms with Crippen molar-refractivity contribution < 1.29 is 19.0 Å². The van der Waals surface area contributed by atoms with Crippen LogP contribution in [0.2, 0.25) is 0 Å². The van der Waals surface area contributed by atoms with Crippen LogP contribution >= 0.6 is 0 Å². The van der Waals surface area contributed by atoms with Gasteiger partial charge in [0.05, 0.1) is 6.61 Å². The summed E-state index contributed by atoms with van der Waals surface area (Å²) in [4.78, 5) is 12.1. The number of carbonyl (C=O) groups excluding carboxylic acids is 1. The molecule has 0 heterocycles. The SMILES string of the molecule is CCCCCCCC/C=C\CCCCCCCC(=O)OC[C@@H](COCCCCCCCCCCCCCCCC)OC. The molecule has 42 heavy (non-hydrogen) atoms. The highest BCUT2D eigenvalue weighted by Crippen LogP contribution is 2.13. The summed E-state index contributed by atoms with van der Waals surface area (Å²) in [6.45, 7) is 6.11.